The van der Waals surface area contributed by atoms with E-state index in [1.807, 2.05) is 0 Å². The molecule has 0 radical (unpaired) electrons. The zero-order valence-electron chi connectivity index (χ0n) is 83.4. The van der Waals surface area contributed by atoms with Crippen LogP contribution in [-0.4, -0.2) is 0 Å². The molecule has 0 heterocycles. The summed E-state index contributed by atoms with van der Waals surface area (Å²) in [5.74, 6) is 0. The van der Waals surface area contributed by atoms with Gasteiger partial charge < -0.3 is 4.90 Å². The van der Waals surface area contributed by atoms with E-state index < -0.39 is 423 Å². The van der Waals surface area contributed by atoms with Crippen molar-refractivity contribution in [3.8, 4) is 55.6 Å². The minimum Gasteiger partial charge on any atom is -0.310 e. The second-order valence-electron chi connectivity index (χ2n) is 16.3. The van der Waals surface area contributed by atoms with Crippen LogP contribution in [0.15, 0.2) is 284 Å². The molecule has 0 aromatic heterocycles. The molecule has 1 heteroatoms. The summed E-state index contributed by atoms with van der Waals surface area (Å²) in [7, 11) is 0. The van der Waals surface area contributed by atoms with Crippen LogP contribution in [0.5, 0.6) is 0 Å². The van der Waals surface area contributed by atoms with Crippen LogP contribution in [-0.2, 0) is 10.8 Å². The molecule has 3 aliphatic rings. The van der Waals surface area contributed by atoms with Gasteiger partial charge in [-0.3, -0.25) is 0 Å². The van der Waals surface area contributed by atoms with Crippen LogP contribution in [0.1, 0.15) is 109 Å². The predicted octanol–water partition coefficient (Wildman–Crippen LogP) is 18.4. The summed E-state index contributed by atoms with van der Waals surface area (Å²) >= 11 is 0. The van der Waals surface area contributed by atoms with E-state index in [9.17, 15) is 38.4 Å². The number of benzene rings is 12. The summed E-state index contributed by atoms with van der Waals surface area (Å²) in [6.45, 7) is 0. The molecule has 0 saturated heterocycles. The predicted molar refractivity (Wildman–Crippen MR) is 303 cm³/mol. The number of anilines is 3. The highest BCUT2D eigenvalue weighted by Crippen LogP contribution is 2.64. The third-order valence-corrected chi connectivity index (χ3v) is 12.9. The molecule has 12 aromatic carbocycles. The summed E-state index contributed by atoms with van der Waals surface area (Å²) in [6.07, 6.45) is 0. The average molecular weight is 973 g/mol. The molecule has 0 N–H and O–H groups in total. The lowest BCUT2D eigenvalue weighted by Gasteiger charge is -2.34. The van der Waals surface area contributed by atoms with Gasteiger partial charge in [0.15, 0.2) is 0 Å². The fourth-order valence-electron chi connectivity index (χ4n) is 10.1. The smallest absolute Gasteiger partial charge is 0.0726 e. The van der Waals surface area contributed by atoms with E-state index in [-0.39, 0.29) is 4.90 Å². The van der Waals surface area contributed by atoms with Gasteiger partial charge in [0.2, 0.25) is 0 Å². The molecule has 73 heavy (non-hydrogen) atoms. The Labute approximate surface area is 492 Å². The molecule has 0 aliphatic heterocycles. The third kappa shape index (κ3) is 5.85. The highest BCUT2D eigenvalue weighted by Gasteiger charge is 2.52. The molecule has 0 fully saturated rings. The van der Waals surface area contributed by atoms with Crippen molar-refractivity contribution in [1.29, 1.82) is 0 Å². The first kappa shape index (κ1) is 16.1. The zero-order valence-corrected chi connectivity index (χ0v) is 36.4. The number of hydrogen-bond donors (Lipinski definition) is 0. The van der Waals surface area contributed by atoms with E-state index in [0.29, 0.717) is 0 Å². The van der Waals surface area contributed by atoms with Gasteiger partial charge in [0.05, 0.1) is 75.3 Å². The maximum absolute atomic E-state index is 10.9. The van der Waals surface area contributed by atoms with E-state index >= 15 is 0 Å². The van der Waals surface area contributed by atoms with Crippen LogP contribution in [0.2, 0.25) is 0 Å². The molecular weight excluding hydrogens is 879 g/mol. The summed E-state index contributed by atoms with van der Waals surface area (Å²) in [5.41, 5.74) is -30.2. The van der Waals surface area contributed by atoms with E-state index in [2.05, 4.69) is 0 Å². The van der Waals surface area contributed by atoms with Crippen LogP contribution >= 0.6 is 0 Å². The van der Waals surface area contributed by atoms with Crippen molar-refractivity contribution in [3.05, 3.63) is 329 Å². The highest BCUT2D eigenvalue weighted by atomic mass is 15.1. The number of para-hydroxylation sites is 1. The second-order valence-corrected chi connectivity index (χ2v) is 16.3. The molecule has 1 spiro atoms. The number of hydrogen-bond acceptors (Lipinski definition) is 1. The van der Waals surface area contributed by atoms with Crippen molar-refractivity contribution >= 4 is 27.8 Å². The SMILES string of the molecule is [2H]c1c([2H])c([2H])c(N(c2c([2H])c([2H])c(-c3c([2H])c([2H])c4c([2H])c([2H])c([2H])c([2H])c4c3-c3c([2H])c([2H])c4c(c3[2H])C(c3c([2H])c([2H])c([2H])c([2H])c3[2H])(c3c([2H])c([2H])c([2H])c([2H])c3[2H])c3c([2H])c([2H])c([2H])c([2H])c3-4)c([2H])c2[2H])c2c([2H])c([2H])c3c(c2[2H])C2(c4c([2H])c([2H])c([2H])c([2H])c4-c4c([2H])c([2H])c([2H])c([2H])c42)c2c([2H])c([2H])c([2H])c([2H])c2-3)c([2H])c1[2H]. The fraction of sp³-hybridized carbons (Fsp3) is 0.0278. The van der Waals surface area contributed by atoms with Crippen molar-refractivity contribution in [3.63, 3.8) is 0 Å². The Hall–Kier alpha value is -9.30. The molecule has 340 valence electrons. The van der Waals surface area contributed by atoms with Gasteiger partial charge in [0.1, 0.15) is 0 Å². The lowest BCUT2D eigenvalue weighted by atomic mass is 9.67. The number of fused-ring (bicyclic) bond motifs is 14. The molecule has 12 aromatic rings. The Morgan fingerprint density at radius 3 is 1.23 bits per heavy atom. The van der Waals surface area contributed by atoms with Gasteiger partial charge in [-0.25, -0.2) is 0 Å². The minimum absolute atomic E-state index is 0.156. The van der Waals surface area contributed by atoms with Gasteiger partial charge in [-0.2, -0.15) is 0 Å². The lowest BCUT2D eigenvalue weighted by Crippen LogP contribution is -2.28. The maximum Gasteiger partial charge on any atom is 0.0726 e. The molecule has 3 aliphatic carbocycles. The van der Waals surface area contributed by atoms with Crippen LogP contribution in [0.25, 0.3) is 66.4 Å². The van der Waals surface area contributed by atoms with E-state index in [0.717, 1.165) is 0 Å². The van der Waals surface area contributed by atoms with Crippen molar-refractivity contribution in [2.24, 2.45) is 0 Å². The van der Waals surface area contributed by atoms with Gasteiger partial charge in [-0.05, 0) is 153 Å². The minimum atomic E-state index is -3.60. The zero-order chi connectivity index (χ0) is 89.0. The van der Waals surface area contributed by atoms with E-state index in [4.69, 9.17) is 26.0 Å². The van der Waals surface area contributed by atoms with Gasteiger partial charge in [0.25, 0.3) is 0 Å². The Morgan fingerprint density at radius 1 is 0.260 bits per heavy atom. The van der Waals surface area contributed by atoms with Crippen LogP contribution in [0, 0.1) is 0 Å². The van der Waals surface area contributed by atoms with Gasteiger partial charge in [-0.1, -0.05) is 242 Å². The summed E-state index contributed by atoms with van der Waals surface area (Å²) in [4.78, 5) is 0.156. The number of rotatable bonds is 7. The first-order chi connectivity index (χ1) is 55.8. The topological polar surface area (TPSA) is 3.24 Å². The quantitative estimate of drug-likeness (QED) is 0.154. The number of nitrogens with zero attached hydrogens (tertiary/aromatic N) is 1. The average Bonchev–Trinajstić information content (AvgIpc) is 1.47. The molecule has 1 nitrogen and oxygen atoms in total. The monoisotopic (exact) mass is 973 g/mol. The van der Waals surface area contributed by atoms with Gasteiger partial charge in [-0.15, -0.1) is 0 Å². The summed E-state index contributed by atoms with van der Waals surface area (Å²) < 4.78 is 449. The van der Waals surface area contributed by atoms with Crippen molar-refractivity contribution in [1.82, 2.24) is 0 Å². The van der Waals surface area contributed by atoms with Crippen LogP contribution in [0.4, 0.5) is 17.1 Å². The standard InChI is InChI=1S/C72H47N/c1-4-21-51(22-5-1)71(52-23-6-2-7-24-52)64-32-16-12-30-60(64)62-44-39-50(46-68(62)71)70-56-27-11-10-20-48(56)38-43-57(70)49-36-40-54(41-37-49)73(53-25-8-3-9-26-53)55-42-45-63-61-31-15-19-35-67(61)72(69(63)47-55)65-33-17-13-28-58(65)59-29-14-18-34-66(59)72/h1-47H/i1D,2D,3D,4D,5D,6D,7D,8D,9D,10D,11D,12D,13D,14D,15D,16D,17D,18D,19D,20D,21D,22D,23D,24D,25D,26D,27D,28D,29D,30D,31D,32D,33D,34D,35D,36D,37D,38D,39D,40D,41D,42D,43D,44D,45D,46D,47D. The highest BCUT2D eigenvalue weighted by molar-refractivity contribution is 6.05. The Kier molecular flexibility index (Phi) is 3.56. The molecule has 0 amide bonds. The molecule has 0 bridgehead atoms. The molecule has 0 saturated carbocycles. The Bertz CT molecular complexity index is 6720. The van der Waals surface area contributed by atoms with Crippen molar-refractivity contribution in [2.75, 3.05) is 4.90 Å². The summed E-state index contributed by atoms with van der Waals surface area (Å²) in [5, 5.41) is -2.17. The first-order valence-corrected chi connectivity index (χ1v) is 21.7. The Morgan fingerprint density at radius 2 is 0.658 bits per heavy atom. The van der Waals surface area contributed by atoms with Gasteiger partial charge >= 0.3 is 0 Å². The normalized spacial score (nSPS) is 22.7. The first-order valence-electron chi connectivity index (χ1n) is 45.2. The molecular formula is C72H47N. The second kappa shape index (κ2) is 16.1. The molecule has 0 unspecified atom stereocenters. The molecule has 0 atom stereocenters. The van der Waals surface area contributed by atoms with Crippen LogP contribution < -0.4 is 4.90 Å². The van der Waals surface area contributed by atoms with Crippen molar-refractivity contribution in [2.45, 2.75) is 10.8 Å². The van der Waals surface area contributed by atoms with Crippen LogP contribution in [0.3, 0.4) is 0 Å². The lowest BCUT2D eigenvalue weighted by molar-refractivity contribution is 0.769. The van der Waals surface area contributed by atoms with E-state index in [1.54, 1.807) is 0 Å². The molecule has 15 rings (SSSR count). The summed E-state index contributed by atoms with van der Waals surface area (Å²) in [6, 6.07) is -60.5. The largest absolute Gasteiger partial charge is 0.310 e. The maximum atomic E-state index is 10.9. The van der Waals surface area contributed by atoms with Gasteiger partial charge in [0, 0.05) is 17.1 Å². The third-order valence-electron chi connectivity index (χ3n) is 12.9. The Balaban J connectivity index is 1.16. The van der Waals surface area contributed by atoms with Crippen molar-refractivity contribution < 1.29 is 64.4 Å². The van der Waals surface area contributed by atoms with E-state index in [1.165, 1.54) is 0 Å². The fourth-order valence-corrected chi connectivity index (χ4v) is 10.1.